The van der Waals surface area contributed by atoms with E-state index in [4.69, 9.17) is 18.9 Å². The second-order valence-corrected chi connectivity index (χ2v) is 35.0. The average Bonchev–Trinajstić information content (AvgIpc) is 0.777. The molecule has 0 heterocycles. The fourth-order valence-electron chi connectivity index (χ4n) is 17.2. The van der Waals surface area contributed by atoms with Gasteiger partial charge in [-0.15, -0.1) is 0 Å². The molecule has 8 heteroatoms. The summed E-state index contributed by atoms with van der Waals surface area (Å²) in [5, 5.41) is 0. The summed E-state index contributed by atoms with van der Waals surface area (Å²) in [7, 11) is 0. The molecule has 8 nitrogen and oxygen atoms in total. The van der Waals surface area contributed by atoms with E-state index in [1.807, 2.05) is 48.5 Å². The first-order valence-corrected chi connectivity index (χ1v) is 49.3. The van der Waals surface area contributed by atoms with Crippen molar-refractivity contribution in [1.82, 2.24) is 0 Å². The first kappa shape index (κ1) is 101. The van der Waals surface area contributed by atoms with E-state index in [0.717, 1.165) is 176 Å². The average molecular weight is 1580 g/mol. The SMILES string of the molecule is CCCCCCCCCCC(CCCCCCCC)C(=O)Oc1ccc(C(c2ccc(OC(=O)C(CCCCCCCC)CCCCCCCCCC)cc2)C(c2ccc(OC(=O)C(CCCCCCCC)CCCCCCCCCC)cc2)c2ccc(OC(=O)C(CCCCCCCC)CCCCCCCCCC)cc2)cc1. The van der Waals surface area contributed by atoms with Gasteiger partial charge >= 0.3 is 23.9 Å². The van der Waals surface area contributed by atoms with Crippen LogP contribution in [0.5, 0.6) is 23.0 Å². The van der Waals surface area contributed by atoms with E-state index in [2.05, 4.69) is 104 Å². The molecular weight excluding hydrogens is 1400 g/mol. The van der Waals surface area contributed by atoms with Crippen molar-refractivity contribution in [3.05, 3.63) is 119 Å². The molecule has 4 rings (SSSR count). The molecule has 0 aliphatic heterocycles. The highest BCUT2D eigenvalue weighted by Crippen LogP contribution is 2.45. The minimum atomic E-state index is -0.326. The maximum Gasteiger partial charge on any atom is 0.314 e. The van der Waals surface area contributed by atoms with Crippen LogP contribution in [0.3, 0.4) is 0 Å². The first-order valence-electron chi connectivity index (χ1n) is 49.3. The minimum Gasteiger partial charge on any atom is -0.426 e. The van der Waals surface area contributed by atoms with Crippen LogP contribution in [-0.4, -0.2) is 23.9 Å². The molecule has 0 N–H and O–H groups in total. The van der Waals surface area contributed by atoms with Gasteiger partial charge in [0.1, 0.15) is 23.0 Å². The van der Waals surface area contributed by atoms with Crippen molar-refractivity contribution >= 4 is 23.9 Å². The molecule has 4 atom stereocenters. The van der Waals surface area contributed by atoms with Gasteiger partial charge in [-0.2, -0.15) is 0 Å². The Kier molecular flexibility index (Phi) is 61.8. The Labute approximate surface area is 702 Å². The number of hydrogen-bond donors (Lipinski definition) is 0. The molecule has 0 aliphatic carbocycles. The summed E-state index contributed by atoms with van der Waals surface area (Å²) in [6.07, 6.45) is 74.4. The fraction of sp³-hybridized carbons (Fsp3) is 0.736. The zero-order chi connectivity index (χ0) is 81.8. The van der Waals surface area contributed by atoms with Crippen molar-refractivity contribution in [3.8, 4) is 23.0 Å². The quantitative estimate of drug-likeness (QED) is 0.0245. The summed E-state index contributed by atoms with van der Waals surface area (Å²) in [5.74, 6) is 0.400. The molecule has 0 amide bonds. The van der Waals surface area contributed by atoms with Gasteiger partial charge in [-0.1, -0.05) is 463 Å². The van der Waals surface area contributed by atoms with Crippen LogP contribution < -0.4 is 18.9 Å². The Morgan fingerprint density at radius 3 is 0.412 bits per heavy atom. The van der Waals surface area contributed by atoms with Crippen molar-refractivity contribution < 1.29 is 38.1 Å². The van der Waals surface area contributed by atoms with Gasteiger partial charge in [0, 0.05) is 11.8 Å². The van der Waals surface area contributed by atoms with Gasteiger partial charge in [-0.25, -0.2) is 0 Å². The second-order valence-electron chi connectivity index (χ2n) is 35.0. The molecule has 0 saturated carbocycles. The molecule has 0 saturated heterocycles. The maximum absolute atomic E-state index is 14.5. The summed E-state index contributed by atoms with van der Waals surface area (Å²) in [5.41, 5.74) is 4.05. The molecule has 0 fully saturated rings. The molecule has 646 valence electrons. The van der Waals surface area contributed by atoms with Gasteiger partial charge in [0.25, 0.3) is 0 Å². The molecule has 4 aromatic rings. The van der Waals surface area contributed by atoms with Crippen LogP contribution in [0.1, 0.15) is 500 Å². The number of carbonyl (C=O) groups excluding carboxylic acids is 4. The summed E-state index contributed by atoms with van der Waals surface area (Å²) in [4.78, 5) is 58.2. The van der Waals surface area contributed by atoms with E-state index < -0.39 is 0 Å². The third-order valence-corrected chi connectivity index (χ3v) is 24.7. The van der Waals surface area contributed by atoms with Crippen LogP contribution in [-0.2, 0) is 19.2 Å². The van der Waals surface area contributed by atoms with E-state index in [0.29, 0.717) is 23.0 Å². The molecule has 0 bridgehead atoms. The monoisotopic (exact) mass is 1580 g/mol. The van der Waals surface area contributed by atoms with Gasteiger partial charge in [0.15, 0.2) is 0 Å². The Hall–Kier alpha value is -5.24. The molecular formula is C106H174O8. The number of carbonyl (C=O) groups is 4. The predicted molar refractivity (Wildman–Crippen MR) is 487 cm³/mol. The van der Waals surface area contributed by atoms with Gasteiger partial charge in [0.2, 0.25) is 0 Å². The number of rotatable bonds is 77. The van der Waals surface area contributed by atoms with Crippen molar-refractivity contribution in [2.75, 3.05) is 0 Å². The fourth-order valence-corrected chi connectivity index (χ4v) is 17.2. The summed E-state index contributed by atoms with van der Waals surface area (Å²) in [6, 6.07) is 32.9. The Morgan fingerprint density at radius 2 is 0.289 bits per heavy atom. The lowest BCUT2D eigenvalue weighted by Gasteiger charge is -2.30. The number of hydrogen-bond acceptors (Lipinski definition) is 8. The maximum atomic E-state index is 14.5. The minimum absolute atomic E-state index is 0.129. The second kappa shape index (κ2) is 69.7. The van der Waals surface area contributed by atoms with Crippen LogP contribution in [0, 0.1) is 23.7 Å². The highest BCUT2D eigenvalue weighted by Gasteiger charge is 2.31. The predicted octanol–water partition coefficient (Wildman–Crippen LogP) is 33.9. The smallest absolute Gasteiger partial charge is 0.314 e. The van der Waals surface area contributed by atoms with Crippen molar-refractivity contribution in [2.45, 2.75) is 478 Å². The molecule has 0 aromatic heterocycles. The first-order chi connectivity index (χ1) is 56.0. The van der Waals surface area contributed by atoms with Crippen LogP contribution >= 0.6 is 0 Å². The topological polar surface area (TPSA) is 105 Å². The molecule has 114 heavy (non-hydrogen) atoms. The molecule has 0 spiro atoms. The highest BCUT2D eigenvalue weighted by atomic mass is 16.5. The van der Waals surface area contributed by atoms with Gasteiger partial charge < -0.3 is 18.9 Å². The summed E-state index contributed by atoms with van der Waals surface area (Å²) < 4.78 is 25.9. The summed E-state index contributed by atoms with van der Waals surface area (Å²) in [6.45, 7) is 18.1. The zero-order valence-electron chi connectivity index (χ0n) is 75.2. The van der Waals surface area contributed by atoms with E-state index in [-0.39, 0.29) is 59.4 Å². The van der Waals surface area contributed by atoms with Crippen LogP contribution in [0.2, 0.25) is 0 Å². The van der Waals surface area contributed by atoms with Gasteiger partial charge in [-0.3, -0.25) is 19.2 Å². The van der Waals surface area contributed by atoms with Crippen LogP contribution in [0.15, 0.2) is 97.1 Å². The zero-order valence-corrected chi connectivity index (χ0v) is 75.2. The normalized spacial score (nSPS) is 13.2. The lowest BCUT2D eigenvalue weighted by atomic mass is 9.73. The Morgan fingerprint density at radius 1 is 0.175 bits per heavy atom. The van der Waals surface area contributed by atoms with E-state index >= 15 is 0 Å². The third-order valence-electron chi connectivity index (χ3n) is 24.7. The summed E-state index contributed by atoms with van der Waals surface area (Å²) >= 11 is 0. The Balaban J connectivity index is 1.85. The third kappa shape index (κ3) is 47.4. The van der Waals surface area contributed by atoms with Crippen molar-refractivity contribution in [1.29, 1.82) is 0 Å². The van der Waals surface area contributed by atoms with Crippen molar-refractivity contribution in [3.63, 3.8) is 0 Å². The Bertz CT molecular complexity index is 2500. The van der Waals surface area contributed by atoms with E-state index in [1.54, 1.807) is 0 Å². The molecule has 0 aliphatic rings. The number of esters is 4. The van der Waals surface area contributed by atoms with Gasteiger partial charge in [0.05, 0.1) is 23.7 Å². The molecule has 4 unspecified atom stereocenters. The molecule has 4 aromatic carbocycles. The lowest BCUT2D eigenvalue weighted by Crippen LogP contribution is -2.21. The van der Waals surface area contributed by atoms with Crippen molar-refractivity contribution in [2.24, 2.45) is 23.7 Å². The highest BCUT2D eigenvalue weighted by molar-refractivity contribution is 5.77. The number of unbranched alkanes of at least 4 members (excludes halogenated alkanes) is 48. The van der Waals surface area contributed by atoms with E-state index in [1.165, 1.54) is 257 Å². The lowest BCUT2D eigenvalue weighted by molar-refractivity contribution is -0.140. The van der Waals surface area contributed by atoms with Crippen LogP contribution in [0.4, 0.5) is 0 Å². The molecule has 0 radical (unpaired) electrons. The largest absolute Gasteiger partial charge is 0.426 e. The van der Waals surface area contributed by atoms with Gasteiger partial charge in [-0.05, 0) is 122 Å². The number of ether oxygens (including phenoxy) is 4. The van der Waals surface area contributed by atoms with E-state index in [9.17, 15) is 19.2 Å². The van der Waals surface area contributed by atoms with Crippen LogP contribution in [0.25, 0.3) is 0 Å². The standard InChI is InChI=1S/C106H174O8/c1-9-17-25-33-41-45-53-61-69-93(65-57-49-37-29-21-13-5)103(107)111-97-81-73-89(74-82-97)101(90-75-83-98(84-76-90)112-104(108)94(66-58-50-38-30-22-14-6)70-62-54-46-42-34-26-18-10-2)102(91-77-85-99(86-78-91)113-105(109)95(67-59-51-39-31-23-15-7)71-63-55-47-43-35-27-19-11-3)92-79-87-100(88-80-92)114-106(110)96(68-60-52-40-32-24-16-8)72-64-56-48-44-36-28-20-12-4/h73-88,93-96,101-102H,9-72H2,1-8H3. The number of benzene rings is 4.